The van der Waals surface area contributed by atoms with Crippen molar-refractivity contribution < 1.29 is 19.7 Å². The number of piperidine rings is 1. The first-order valence-electron chi connectivity index (χ1n) is 12.6. The lowest BCUT2D eigenvalue weighted by atomic mass is 9.78. The Morgan fingerprint density at radius 3 is 2.27 bits per heavy atom. The number of rotatable bonds is 7. The summed E-state index contributed by atoms with van der Waals surface area (Å²) in [6.45, 7) is 7.73. The SMILES string of the molecule is CCC(c1ccc2cc(OC3CCC(C(C)(C)O)CC3)ccc2c1)N1CCC(C(=O)O)CC1. The summed E-state index contributed by atoms with van der Waals surface area (Å²) in [6.07, 6.45) is 6.69. The van der Waals surface area contributed by atoms with E-state index < -0.39 is 11.6 Å². The molecule has 0 aromatic heterocycles. The fourth-order valence-corrected chi connectivity index (χ4v) is 5.77. The highest BCUT2D eigenvalue weighted by Gasteiger charge is 2.32. The summed E-state index contributed by atoms with van der Waals surface area (Å²) in [5.74, 6) is 0.425. The molecule has 1 heterocycles. The summed E-state index contributed by atoms with van der Waals surface area (Å²) in [7, 11) is 0. The van der Waals surface area contributed by atoms with Crippen LogP contribution in [0.4, 0.5) is 0 Å². The smallest absolute Gasteiger partial charge is 0.306 e. The molecule has 2 N–H and O–H groups in total. The largest absolute Gasteiger partial charge is 0.490 e. The van der Waals surface area contributed by atoms with Crippen molar-refractivity contribution in [2.75, 3.05) is 13.1 Å². The number of benzene rings is 2. The van der Waals surface area contributed by atoms with Gasteiger partial charge >= 0.3 is 5.97 Å². The first-order valence-corrected chi connectivity index (χ1v) is 12.6. The van der Waals surface area contributed by atoms with Crippen LogP contribution in [0.2, 0.25) is 0 Å². The van der Waals surface area contributed by atoms with E-state index in [1.165, 1.54) is 16.3 Å². The van der Waals surface area contributed by atoms with Gasteiger partial charge in [-0.25, -0.2) is 0 Å². The molecule has 2 aromatic carbocycles. The Hall–Kier alpha value is -2.11. The molecule has 4 rings (SSSR count). The molecule has 5 nitrogen and oxygen atoms in total. The molecular weight excluding hydrogens is 414 g/mol. The maximum absolute atomic E-state index is 11.3. The molecule has 1 aliphatic carbocycles. The third kappa shape index (κ3) is 5.70. The van der Waals surface area contributed by atoms with Crippen LogP contribution >= 0.6 is 0 Å². The van der Waals surface area contributed by atoms with Gasteiger partial charge in [0.2, 0.25) is 0 Å². The zero-order chi connectivity index (χ0) is 23.6. The van der Waals surface area contributed by atoms with E-state index in [0.717, 1.165) is 63.8 Å². The number of carboxylic acids is 1. The monoisotopic (exact) mass is 453 g/mol. The van der Waals surface area contributed by atoms with Crippen LogP contribution in [-0.4, -0.2) is 45.9 Å². The van der Waals surface area contributed by atoms with Gasteiger partial charge in [-0.3, -0.25) is 9.69 Å². The summed E-state index contributed by atoms with van der Waals surface area (Å²) in [5.41, 5.74) is 0.700. The predicted octanol–water partition coefficient (Wildman–Crippen LogP) is 5.80. The van der Waals surface area contributed by atoms with Gasteiger partial charge < -0.3 is 14.9 Å². The molecule has 1 saturated heterocycles. The van der Waals surface area contributed by atoms with Gasteiger partial charge in [-0.2, -0.15) is 0 Å². The Morgan fingerprint density at radius 2 is 1.67 bits per heavy atom. The van der Waals surface area contributed by atoms with Gasteiger partial charge in [0.25, 0.3) is 0 Å². The third-order valence-corrected chi connectivity index (χ3v) is 7.90. The van der Waals surface area contributed by atoms with Crippen LogP contribution in [0.3, 0.4) is 0 Å². The van der Waals surface area contributed by atoms with Crippen LogP contribution < -0.4 is 4.74 Å². The lowest BCUT2D eigenvalue weighted by Crippen LogP contribution is -2.38. The summed E-state index contributed by atoms with van der Waals surface area (Å²) >= 11 is 0. The molecule has 0 spiro atoms. The molecule has 5 heteroatoms. The number of aliphatic carboxylic acids is 1. The molecule has 0 bridgehead atoms. The van der Waals surface area contributed by atoms with Crippen molar-refractivity contribution in [2.45, 2.75) is 83.5 Å². The Labute approximate surface area is 197 Å². The number of hydrogen-bond donors (Lipinski definition) is 2. The van der Waals surface area contributed by atoms with Crippen molar-refractivity contribution in [3.05, 3.63) is 42.0 Å². The summed E-state index contributed by atoms with van der Waals surface area (Å²) in [5, 5.41) is 21.9. The van der Waals surface area contributed by atoms with E-state index in [9.17, 15) is 15.0 Å². The zero-order valence-electron chi connectivity index (χ0n) is 20.3. The standard InChI is InChI=1S/C28H39NO4/c1-4-26(29-15-13-19(14-16-29)27(30)31)22-6-5-21-18-25(10-7-20(21)17-22)33-24-11-8-23(9-12-24)28(2,3)32/h5-7,10,17-19,23-24,26,32H,4,8-9,11-16H2,1-3H3,(H,30,31). The van der Waals surface area contributed by atoms with Crippen LogP contribution in [0.15, 0.2) is 36.4 Å². The maximum Gasteiger partial charge on any atom is 0.306 e. The van der Waals surface area contributed by atoms with E-state index in [1.807, 2.05) is 13.8 Å². The molecule has 0 amide bonds. The summed E-state index contributed by atoms with van der Waals surface area (Å²) in [6, 6.07) is 13.4. The summed E-state index contributed by atoms with van der Waals surface area (Å²) in [4.78, 5) is 13.7. The van der Waals surface area contributed by atoms with E-state index in [2.05, 4.69) is 48.2 Å². The number of hydrogen-bond acceptors (Lipinski definition) is 4. The second kappa shape index (κ2) is 10.0. The Morgan fingerprint density at radius 1 is 1.03 bits per heavy atom. The molecule has 2 aliphatic rings. The number of aliphatic hydroxyl groups is 1. The normalized spacial score (nSPS) is 24.0. The molecule has 33 heavy (non-hydrogen) atoms. The van der Waals surface area contributed by atoms with Crippen LogP contribution in [-0.2, 0) is 4.79 Å². The zero-order valence-corrected chi connectivity index (χ0v) is 20.3. The van der Waals surface area contributed by atoms with Gasteiger partial charge in [0.15, 0.2) is 0 Å². The molecule has 1 aliphatic heterocycles. The van der Waals surface area contributed by atoms with Crippen molar-refractivity contribution in [1.29, 1.82) is 0 Å². The molecule has 1 unspecified atom stereocenters. The molecule has 0 radical (unpaired) electrons. The lowest BCUT2D eigenvalue weighted by molar-refractivity contribution is -0.143. The topological polar surface area (TPSA) is 70.0 Å². The van der Waals surface area contributed by atoms with E-state index in [-0.39, 0.29) is 12.0 Å². The van der Waals surface area contributed by atoms with Crippen LogP contribution in [0, 0.1) is 11.8 Å². The lowest BCUT2D eigenvalue weighted by Gasteiger charge is -2.36. The number of fused-ring (bicyclic) bond motifs is 1. The fourth-order valence-electron chi connectivity index (χ4n) is 5.77. The van der Waals surface area contributed by atoms with Gasteiger partial charge in [-0.15, -0.1) is 0 Å². The number of likely N-dealkylation sites (tertiary alicyclic amines) is 1. The van der Waals surface area contributed by atoms with Crippen LogP contribution in [0.5, 0.6) is 5.75 Å². The van der Waals surface area contributed by atoms with Crippen molar-refractivity contribution >= 4 is 16.7 Å². The highest BCUT2D eigenvalue weighted by Crippen LogP contribution is 2.35. The van der Waals surface area contributed by atoms with E-state index in [4.69, 9.17) is 4.74 Å². The minimum atomic E-state index is -0.656. The Kier molecular flexibility index (Phi) is 7.30. The van der Waals surface area contributed by atoms with E-state index >= 15 is 0 Å². The second-order valence-corrected chi connectivity index (χ2v) is 10.6. The van der Waals surface area contributed by atoms with Crippen molar-refractivity contribution in [3.8, 4) is 5.75 Å². The number of ether oxygens (including phenoxy) is 1. The van der Waals surface area contributed by atoms with Gasteiger partial charge in [-0.1, -0.05) is 25.1 Å². The molecule has 2 fully saturated rings. The molecule has 180 valence electrons. The number of carboxylic acid groups (broad SMARTS) is 1. The van der Waals surface area contributed by atoms with E-state index in [1.54, 1.807) is 0 Å². The first-order chi connectivity index (χ1) is 15.7. The van der Waals surface area contributed by atoms with E-state index in [0.29, 0.717) is 12.0 Å². The van der Waals surface area contributed by atoms with Gasteiger partial charge in [0, 0.05) is 6.04 Å². The molecular formula is C28H39NO4. The first kappa shape index (κ1) is 24.0. The minimum absolute atomic E-state index is 0.195. The highest BCUT2D eigenvalue weighted by molar-refractivity contribution is 5.84. The molecule has 1 atom stereocenters. The van der Waals surface area contributed by atoms with Crippen LogP contribution in [0.1, 0.15) is 77.3 Å². The minimum Gasteiger partial charge on any atom is -0.490 e. The predicted molar refractivity (Wildman–Crippen MR) is 132 cm³/mol. The second-order valence-electron chi connectivity index (χ2n) is 10.6. The van der Waals surface area contributed by atoms with Crippen molar-refractivity contribution in [2.24, 2.45) is 11.8 Å². The molecule has 2 aromatic rings. The van der Waals surface area contributed by atoms with Crippen LogP contribution in [0.25, 0.3) is 10.8 Å². The Balaban J connectivity index is 1.41. The molecule has 1 saturated carbocycles. The quantitative estimate of drug-likeness (QED) is 0.555. The summed E-state index contributed by atoms with van der Waals surface area (Å²) < 4.78 is 6.31. The van der Waals surface area contributed by atoms with Gasteiger partial charge in [-0.05, 0) is 112 Å². The number of nitrogens with zero attached hydrogens (tertiary/aromatic N) is 1. The average Bonchev–Trinajstić information content (AvgIpc) is 2.80. The number of carbonyl (C=O) groups is 1. The maximum atomic E-state index is 11.3. The van der Waals surface area contributed by atoms with Crippen molar-refractivity contribution in [1.82, 2.24) is 4.90 Å². The van der Waals surface area contributed by atoms with Gasteiger partial charge in [0.1, 0.15) is 5.75 Å². The fraction of sp³-hybridized carbons (Fsp3) is 0.607. The highest BCUT2D eigenvalue weighted by atomic mass is 16.5. The third-order valence-electron chi connectivity index (χ3n) is 7.90. The van der Waals surface area contributed by atoms with Crippen molar-refractivity contribution in [3.63, 3.8) is 0 Å². The Bertz CT molecular complexity index is 950. The van der Waals surface area contributed by atoms with Gasteiger partial charge in [0.05, 0.1) is 17.6 Å². The average molecular weight is 454 g/mol.